The van der Waals surface area contributed by atoms with Gasteiger partial charge in [-0.3, -0.25) is 0 Å². The topological polar surface area (TPSA) is 39.1 Å². The molecule has 2 unspecified atom stereocenters. The highest BCUT2D eigenvalue weighted by Gasteiger charge is 2.24. The molecule has 0 bridgehead atoms. The Labute approximate surface area is 110 Å². The van der Waals surface area contributed by atoms with Gasteiger partial charge in [-0.2, -0.15) is 0 Å². The Bertz CT molecular complexity index is 362. The van der Waals surface area contributed by atoms with Crippen LogP contribution in [0.1, 0.15) is 32.5 Å². The van der Waals surface area contributed by atoms with Gasteiger partial charge in [0.25, 0.3) is 0 Å². The van der Waals surface area contributed by atoms with Crippen molar-refractivity contribution < 1.29 is 4.74 Å². The van der Waals surface area contributed by atoms with Gasteiger partial charge in [0.15, 0.2) is 0 Å². The third-order valence-electron chi connectivity index (χ3n) is 3.76. The quantitative estimate of drug-likeness (QED) is 0.866. The van der Waals surface area contributed by atoms with Gasteiger partial charge in [-0.1, -0.05) is 13.8 Å². The molecule has 102 valence electrons. The molecule has 18 heavy (non-hydrogen) atoms. The van der Waals surface area contributed by atoms with Crippen LogP contribution in [0.15, 0.2) is 12.4 Å². The van der Waals surface area contributed by atoms with Crippen LogP contribution in [-0.2, 0) is 18.2 Å². The van der Waals surface area contributed by atoms with Crippen molar-refractivity contribution in [2.45, 2.75) is 45.3 Å². The molecular weight excluding hydrogens is 226 g/mol. The number of nitrogens with zero attached hydrogens (tertiary/aromatic N) is 2. The Morgan fingerprint density at radius 3 is 3.06 bits per heavy atom. The molecular formula is C14H25N3O. The number of rotatable bonds is 5. The minimum atomic E-state index is 0.421. The van der Waals surface area contributed by atoms with Crippen LogP contribution >= 0.6 is 0 Å². The van der Waals surface area contributed by atoms with Crippen molar-refractivity contribution in [2.24, 2.45) is 13.0 Å². The molecule has 2 heterocycles. The molecule has 0 radical (unpaired) electrons. The van der Waals surface area contributed by atoms with Crippen LogP contribution in [0, 0.1) is 5.92 Å². The molecule has 1 fully saturated rings. The molecule has 0 aromatic carbocycles. The number of aryl methyl sites for hydroxylation is 1. The Morgan fingerprint density at radius 2 is 2.39 bits per heavy atom. The molecule has 0 aliphatic carbocycles. The second kappa shape index (κ2) is 6.34. The molecule has 0 amide bonds. The summed E-state index contributed by atoms with van der Waals surface area (Å²) in [4.78, 5) is 4.34. The molecule has 1 aromatic rings. The molecule has 0 spiro atoms. The smallest absolute Gasteiger partial charge is 0.109 e. The lowest BCUT2D eigenvalue weighted by molar-refractivity contribution is -0.0242. The van der Waals surface area contributed by atoms with E-state index in [0.717, 1.165) is 38.2 Å². The van der Waals surface area contributed by atoms with E-state index in [2.05, 4.69) is 28.7 Å². The average molecular weight is 251 g/mol. The Morgan fingerprint density at radius 1 is 1.56 bits per heavy atom. The first-order valence-corrected chi connectivity index (χ1v) is 6.98. The van der Waals surface area contributed by atoms with Crippen LogP contribution in [-0.4, -0.2) is 34.8 Å². The van der Waals surface area contributed by atoms with Gasteiger partial charge in [-0.05, 0) is 18.8 Å². The van der Waals surface area contributed by atoms with Crippen LogP contribution in [0.2, 0.25) is 0 Å². The maximum Gasteiger partial charge on any atom is 0.109 e. The molecule has 1 N–H and O–H groups in total. The fourth-order valence-electron chi connectivity index (χ4n) is 2.50. The normalized spacial score (nSPS) is 24.7. The monoisotopic (exact) mass is 251 g/mol. The minimum absolute atomic E-state index is 0.421. The minimum Gasteiger partial charge on any atom is -0.378 e. The van der Waals surface area contributed by atoms with Crippen LogP contribution in [0.25, 0.3) is 0 Å². The average Bonchev–Trinajstić information content (AvgIpc) is 2.76. The first kappa shape index (κ1) is 13.6. The zero-order valence-electron chi connectivity index (χ0n) is 11.7. The molecule has 1 saturated heterocycles. The second-order valence-corrected chi connectivity index (χ2v) is 5.53. The fourth-order valence-corrected chi connectivity index (χ4v) is 2.50. The Hall–Kier alpha value is -0.870. The first-order valence-electron chi connectivity index (χ1n) is 6.98. The van der Waals surface area contributed by atoms with Crippen molar-refractivity contribution in [3.05, 3.63) is 18.2 Å². The van der Waals surface area contributed by atoms with Crippen molar-refractivity contribution in [1.82, 2.24) is 14.9 Å². The van der Waals surface area contributed by atoms with Gasteiger partial charge in [-0.25, -0.2) is 4.98 Å². The van der Waals surface area contributed by atoms with Crippen molar-refractivity contribution >= 4 is 0 Å². The van der Waals surface area contributed by atoms with E-state index in [4.69, 9.17) is 4.74 Å². The van der Waals surface area contributed by atoms with Gasteiger partial charge in [0, 0.05) is 45.1 Å². The number of ether oxygens (including phenoxy) is 1. The van der Waals surface area contributed by atoms with Gasteiger partial charge < -0.3 is 14.6 Å². The van der Waals surface area contributed by atoms with Gasteiger partial charge in [0.1, 0.15) is 5.82 Å². The van der Waals surface area contributed by atoms with E-state index in [0.29, 0.717) is 18.1 Å². The molecule has 1 aromatic heterocycles. The summed E-state index contributed by atoms with van der Waals surface area (Å²) >= 11 is 0. The van der Waals surface area contributed by atoms with Gasteiger partial charge >= 0.3 is 0 Å². The number of hydrogen-bond donors (Lipinski definition) is 1. The molecule has 1 aliphatic rings. The second-order valence-electron chi connectivity index (χ2n) is 5.53. The predicted octanol–water partition coefficient (Wildman–Crippen LogP) is 1.76. The molecule has 1 aliphatic heterocycles. The van der Waals surface area contributed by atoms with Crippen molar-refractivity contribution in [3.8, 4) is 0 Å². The van der Waals surface area contributed by atoms with Crippen molar-refractivity contribution in [1.29, 1.82) is 0 Å². The molecule has 0 saturated carbocycles. The lowest BCUT2D eigenvalue weighted by Crippen LogP contribution is -2.41. The first-order chi connectivity index (χ1) is 8.66. The zero-order chi connectivity index (χ0) is 13.0. The van der Waals surface area contributed by atoms with Gasteiger partial charge in [-0.15, -0.1) is 0 Å². The molecule has 4 heteroatoms. The SMILES string of the molecule is CC(C)C1CC(NCCc2nccn2C)CCO1. The van der Waals surface area contributed by atoms with E-state index in [9.17, 15) is 0 Å². The standard InChI is InChI=1S/C14H25N3O/c1-11(2)13-10-12(5-9-18-13)15-6-4-14-16-7-8-17(14)3/h7-8,11-13,15H,4-6,9-10H2,1-3H3. The van der Waals surface area contributed by atoms with E-state index in [1.165, 1.54) is 0 Å². The van der Waals surface area contributed by atoms with Crippen LogP contribution in [0.4, 0.5) is 0 Å². The lowest BCUT2D eigenvalue weighted by Gasteiger charge is -2.32. The van der Waals surface area contributed by atoms with Crippen LogP contribution < -0.4 is 5.32 Å². The van der Waals surface area contributed by atoms with Crippen LogP contribution in [0.3, 0.4) is 0 Å². The highest BCUT2D eigenvalue weighted by atomic mass is 16.5. The Balaban J connectivity index is 1.72. The summed E-state index contributed by atoms with van der Waals surface area (Å²) in [5, 5.41) is 3.64. The van der Waals surface area contributed by atoms with E-state index in [1.54, 1.807) is 0 Å². The number of nitrogens with one attached hydrogen (secondary N) is 1. The fraction of sp³-hybridized carbons (Fsp3) is 0.786. The van der Waals surface area contributed by atoms with E-state index in [1.807, 2.05) is 19.4 Å². The lowest BCUT2D eigenvalue weighted by atomic mass is 9.95. The summed E-state index contributed by atoms with van der Waals surface area (Å²) < 4.78 is 7.87. The summed E-state index contributed by atoms with van der Waals surface area (Å²) in [6.45, 7) is 6.37. The zero-order valence-corrected chi connectivity index (χ0v) is 11.7. The molecule has 2 atom stereocenters. The Kier molecular flexibility index (Phi) is 4.78. The van der Waals surface area contributed by atoms with Crippen molar-refractivity contribution in [3.63, 3.8) is 0 Å². The van der Waals surface area contributed by atoms with E-state index < -0.39 is 0 Å². The summed E-state index contributed by atoms with van der Waals surface area (Å²) in [7, 11) is 2.05. The highest BCUT2D eigenvalue weighted by Crippen LogP contribution is 2.20. The maximum absolute atomic E-state index is 5.78. The summed E-state index contributed by atoms with van der Waals surface area (Å²) in [5.41, 5.74) is 0. The largest absolute Gasteiger partial charge is 0.378 e. The van der Waals surface area contributed by atoms with Crippen LogP contribution in [0.5, 0.6) is 0 Å². The maximum atomic E-state index is 5.78. The summed E-state index contributed by atoms with van der Waals surface area (Å²) in [6, 6.07) is 0.603. The summed E-state index contributed by atoms with van der Waals surface area (Å²) in [6.07, 6.45) is 7.54. The van der Waals surface area contributed by atoms with E-state index >= 15 is 0 Å². The highest BCUT2D eigenvalue weighted by molar-refractivity contribution is 4.92. The number of imidazole rings is 1. The predicted molar refractivity (Wildman–Crippen MR) is 72.5 cm³/mol. The third-order valence-corrected chi connectivity index (χ3v) is 3.76. The number of aromatic nitrogens is 2. The van der Waals surface area contributed by atoms with Gasteiger partial charge in [0.2, 0.25) is 0 Å². The molecule has 4 nitrogen and oxygen atoms in total. The third kappa shape index (κ3) is 3.56. The van der Waals surface area contributed by atoms with E-state index in [-0.39, 0.29) is 0 Å². The molecule has 2 rings (SSSR count). The summed E-state index contributed by atoms with van der Waals surface area (Å²) in [5.74, 6) is 1.76. The number of hydrogen-bond acceptors (Lipinski definition) is 3. The van der Waals surface area contributed by atoms with Gasteiger partial charge in [0.05, 0.1) is 6.10 Å². The van der Waals surface area contributed by atoms with Crippen molar-refractivity contribution in [2.75, 3.05) is 13.2 Å².